The molecular weight excluding hydrogens is 354 g/mol. The van der Waals surface area contributed by atoms with Crippen molar-refractivity contribution in [3.63, 3.8) is 0 Å². The van der Waals surface area contributed by atoms with Crippen LogP contribution >= 0.6 is 0 Å². The molecule has 0 spiro atoms. The molecule has 3 rings (SSSR count). The summed E-state index contributed by atoms with van der Waals surface area (Å²) < 4.78 is 32.8. The van der Waals surface area contributed by atoms with Crippen LogP contribution in [0.5, 0.6) is 5.75 Å². The van der Waals surface area contributed by atoms with Gasteiger partial charge in [-0.05, 0) is 37.3 Å². The van der Waals surface area contributed by atoms with Crippen LogP contribution in [0.25, 0.3) is 0 Å². The van der Waals surface area contributed by atoms with Crippen LogP contribution < -0.4 is 15.4 Å². The first kappa shape index (κ1) is 18.2. The third-order valence-electron chi connectivity index (χ3n) is 3.64. The lowest BCUT2D eigenvalue weighted by Gasteiger charge is -2.11. The molecule has 0 aliphatic carbocycles. The highest BCUT2D eigenvalue weighted by Gasteiger charge is 2.15. The largest absolute Gasteiger partial charge is 0.495 e. The van der Waals surface area contributed by atoms with E-state index in [1.54, 1.807) is 31.2 Å². The maximum Gasteiger partial charge on any atom is 0.274 e. The number of hydrogen-bond acceptors (Lipinski definition) is 5. The number of halogens is 2. The molecule has 1 amide bonds. The Morgan fingerprint density at radius 2 is 1.74 bits per heavy atom. The minimum atomic E-state index is -0.792. The van der Waals surface area contributed by atoms with E-state index in [0.717, 1.165) is 12.1 Å². The molecule has 1 heterocycles. The molecule has 0 saturated carbocycles. The second-order valence-corrected chi connectivity index (χ2v) is 5.59. The van der Waals surface area contributed by atoms with Crippen LogP contribution in [0.15, 0.2) is 48.5 Å². The summed E-state index contributed by atoms with van der Waals surface area (Å²) in [6.07, 6.45) is 0. The maximum atomic E-state index is 13.8. The first-order chi connectivity index (χ1) is 13.0. The van der Waals surface area contributed by atoms with Gasteiger partial charge in [0.2, 0.25) is 5.95 Å². The average molecular weight is 370 g/mol. The van der Waals surface area contributed by atoms with Crippen LogP contribution in [0.3, 0.4) is 0 Å². The number of aryl methyl sites for hydroxylation is 1. The first-order valence-electron chi connectivity index (χ1n) is 7.99. The molecule has 0 aliphatic heterocycles. The number of amides is 1. The lowest BCUT2D eigenvalue weighted by atomic mass is 10.2. The number of aromatic nitrogens is 2. The van der Waals surface area contributed by atoms with E-state index in [0.29, 0.717) is 17.1 Å². The van der Waals surface area contributed by atoms with Crippen molar-refractivity contribution in [1.82, 2.24) is 9.97 Å². The van der Waals surface area contributed by atoms with Gasteiger partial charge in [-0.15, -0.1) is 0 Å². The third kappa shape index (κ3) is 4.17. The van der Waals surface area contributed by atoms with Gasteiger partial charge < -0.3 is 15.4 Å². The van der Waals surface area contributed by atoms with Crippen molar-refractivity contribution in [3.8, 4) is 5.75 Å². The normalized spacial score (nSPS) is 10.4. The van der Waals surface area contributed by atoms with Crippen LogP contribution in [0, 0.1) is 18.6 Å². The highest BCUT2D eigenvalue weighted by atomic mass is 19.1. The molecule has 2 aromatic carbocycles. The fourth-order valence-electron chi connectivity index (χ4n) is 2.40. The van der Waals surface area contributed by atoms with E-state index >= 15 is 0 Å². The SMILES string of the molecule is COc1ccccc1NC(=O)c1cc(C)nc(Nc2c(F)cccc2F)n1. The Bertz CT molecular complexity index is 975. The van der Waals surface area contributed by atoms with Gasteiger partial charge in [0.05, 0.1) is 12.8 Å². The molecule has 27 heavy (non-hydrogen) atoms. The van der Waals surface area contributed by atoms with E-state index in [1.807, 2.05) is 0 Å². The number of anilines is 3. The monoisotopic (exact) mass is 370 g/mol. The van der Waals surface area contributed by atoms with E-state index in [1.165, 1.54) is 19.2 Å². The molecule has 0 bridgehead atoms. The quantitative estimate of drug-likeness (QED) is 0.708. The zero-order chi connectivity index (χ0) is 19.4. The van der Waals surface area contributed by atoms with Crippen molar-refractivity contribution in [1.29, 1.82) is 0 Å². The number of para-hydroxylation sites is 3. The van der Waals surface area contributed by atoms with Gasteiger partial charge in [0, 0.05) is 5.69 Å². The van der Waals surface area contributed by atoms with Crippen molar-refractivity contribution in [2.24, 2.45) is 0 Å². The number of hydrogen-bond donors (Lipinski definition) is 2. The number of rotatable bonds is 5. The van der Waals surface area contributed by atoms with Gasteiger partial charge in [-0.25, -0.2) is 18.7 Å². The third-order valence-corrected chi connectivity index (χ3v) is 3.64. The number of ether oxygens (including phenoxy) is 1. The Morgan fingerprint density at radius 1 is 1.04 bits per heavy atom. The Morgan fingerprint density at radius 3 is 2.44 bits per heavy atom. The molecule has 6 nitrogen and oxygen atoms in total. The lowest BCUT2D eigenvalue weighted by Crippen LogP contribution is -2.16. The Balaban J connectivity index is 1.88. The summed E-state index contributed by atoms with van der Waals surface area (Å²) in [7, 11) is 1.49. The Hall–Kier alpha value is -3.55. The Kier molecular flexibility index (Phi) is 5.25. The van der Waals surface area contributed by atoms with Gasteiger partial charge in [0.1, 0.15) is 28.8 Å². The topological polar surface area (TPSA) is 76.1 Å². The van der Waals surface area contributed by atoms with E-state index in [2.05, 4.69) is 20.6 Å². The van der Waals surface area contributed by atoms with Crippen LogP contribution in [-0.4, -0.2) is 23.0 Å². The number of benzene rings is 2. The van der Waals surface area contributed by atoms with E-state index in [4.69, 9.17) is 4.74 Å². The summed E-state index contributed by atoms with van der Waals surface area (Å²) in [6, 6.07) is 11.8. The van der Waals surface area contributed by atoms with Crippen LogP contribution in [0.4, 0.5) is 26.1 Å². The molecule has 0 unspecified atom stereocenters. The molecule has 0 aliphatic rings. The zero-order valence-corrected chi connectivity index (χ0v) is 14.6. The summed E-state index contributed by atoms with van der Waals surface area (Å²) in [5.41, 5.74) is 0.567. The highest BCUT2D eigenvalue weighted by molar-refractivity contribution is 6.03. The minimum Gasteiger partial charge on any atom is -0.495 e. The number of methoxy groups -OCH3 is 1. The van der Waals surface area contributed by atoms with Crippen molar-refractivity contribution in [3.05, 3.63) is 71.6 Å². The summed E-state index contributed by atoms with van der Waals surface area (Å²) >= 11 is 0. The average Bonchev–Trinajstić information content (AvgIpc) is 2.65. The smallest absolute Gasteiger partial charge is 0.274 e. The molecule has 3 aromatic rings. The highest BCUT2D eigenvalue weighted by Crippen LogP contribution is 2.24. The molecule has 8 heteroatoms. The Labute approximate surface area is 154 Å². The van der Waals surface area contributed by atoms with Crippen LogP contribution in [0.2, 0.25) is 0 Å². The number of carbonyl (C=O) groups is 1. The first-order valence-corrected chi connectivity index (χ1v) is 7.99. The van der Waals surface area contributed by atoms with Gasteiger partial charge in [-0.3, -0.25) is 4.79 Å². The van der Waals surface area contributed by atoms with E-state index in [-0.39, 0.29) is 17.3 Å². The fourth-order valence-corrected chi connectivity index (χ4v) is 2.40. The predicted molar refractivity (Wildman–Crippen MR) is 97.4 cm³/mol. The van der Waals surface area contributed by atoms with Crippen molar-refractivity contribution in [2.45, 2.75) is 6.92 Å². The molecule has 0 radical (unpaired) electrons. The zero-order valence-electron chi connectivity index (χ0n) is 14.6. The van der Waals surface area contributed by atoms with E-state index < -0.39 is 17.5 Å². The van der Waals surface area contributed by atoms with Gasteiger partial charge >= 0.3 is 0 Å². The molecule has 0 atom stereocenters. The minimum absolute atomic E-state index is 0.0349. The molecule has 2 N–H and O–H groups in total. The molecule has 0 fully saturated rings. The van der Waals surface area contributed by atoms with Crippen LogP contribution in [0.1, 0.15) is 16.2 Å². The van der Waals surface area contributed by atoms with Crippen molar-refractivity contribution in [2.75, 3.05) is 17.7 Å². The molecule has 138 valence electrons. The molecule has 1 aromatic heterocycles. The van der Waals surface area contributed by atoms with Crippen molar-refractivity contribution < 1.29 is 18.3 Å². The summed E-state index contributed by atoms with van der Waals surface area (Å²) in [4.78, 5) is 20.7. The van der Waals surface area contributed by atoms with Gasteiger partial charge in [-0.2, -0.15) is 0 Å². The molecular formula is C19H16F2N4O2. The van der Waals surface area contributed by atoms with Gasteiger partial charge in [0.15, 0.2) is 0 Å². The lowest BCUT2D eigenvalue weighted by molar-refractivity contribution is 0.102. The second-order valence-electron chi connectivity index (χ2n) is 5.59. The number of carbonyl (C=O) groups excluding carboxylic acids is 1. The van der Waals surface area contributed by atoms with Gasteiger partial charge in [-0.1, -0.05) is 18.2 Å². The summed E-state index contributed by atoms with van der Waals surface area (Å²) in [5.74, 6) is -1.70. The van der Waals surface area contributed by atoms with Crippen LogP contribution in [-0.2, 0) is 0 Å². The number of nitrogens with zero attached hydrogens (tertiary/aromatic N) is 2. The fraction of sp³-hybridized carbons (Fsp3) is 0.105. The predicted octanol–water partition coefficient (Wildman–Crippen LogP) is 4.07. The summed E-state index contributed by atoms with van der Waals surface area (Å²) in [6.45, 7) is 1.64. The second kappa shape index (κ2) is 7.77. The van der Waals surface area contributed by atoms with Gasteiger partial charge in [0.25, 0.3) is 5.91 Å². The van der Waals surface area contributed by atoms with Crippen molar-refractivity contribution >= 4 is 23.2 Å². The standard InChI is InChI=1S/C19H16F2N4O2/c1-11-10-15(18(26)23-14-8-3-4-9-16(14)27-2)24-19(22-11)25-17-12(20)6-5-7-13(17)21/h3-10H,1-2H3,(H,23,26)(H,22,24,25). The van der Waals surface area contributed by atoms with E-state index in [9.17, 15) is 13.6 Å². The summed E-state index contributed by atoms with van der Waals surface area (Å²) in [5, 5.41) is 5.17. The number of nitrogens with one attached hydrogen (secondary N) is 2. The maximum absolute atomic E-state index is 13.8. The molecule has 0 saturated heterocycles.